The summed E-state index contributed by atoms with van der Waals surface area (Å²) in [6, 6.07) is 13.3. The van der Waals surface area contributed by atoms with Gasteiger partial charge in [-0.3, -0.25) is 9.78 Å². The standard InChI is InChI=1S/C14H13NO/c16-14(13-6-2-1-3-7-13)9-8-12-5-4-10-15-11-12/h1-7,10-11H,8-9H2. The number of nitrogens with zero attached hydrogens (tertiary/aromatic N) is 1. The lowest BCUT2D eigenvalue weighted by molar-refractivity contribution is 0.0983. The van der Waals surface area contributed by atoms with Crippen molar-refractivity contribution in [3.05, 3.63) is 66.0 Å². The Morgan fingerprint density at radius 2 is 1.88 bits per heavy atom. The first-order chi connectivity index (χ1) is 7.86. The van der Waals surface area contributed by atoms with Gasteiger partial charge >= 0.3 is 0 Å². The van der Waals surface area contributed by atoms with Gasteiger partial charge in [-0.05, 0) is 18.1 Å². The molecular weight excluding hydrogens is 198 g/mol. The van der Waals surface area contributed by atoms with Gasteiger partial charge in [0.05, 0.1) is 0 Å². The van der Waals surface area contributed by atoms with Gasteiger partial charge in [0.15, 0.2) is 5.78 Å². The van der Waals surface area contributed by atoms with Crippen molar-refractivity contribution < 1.29 is 4.79 Å². The van der Waals surface area contributed by atoms with Crippen LogP contribution in [0.15, 0.2) is 54.9 Å². The van der Waals surface area contributed by atoms with Gasteiger partial charge in [-0.2, -0.15) is 0 Å². The molecule has 1 aromatic carbocycles. The van der Waals surface area contributed by atoms with Crippen molar-refractivity contribution in [2.75, 3.05) is 0 Å². The zero-order chi connectivity index (χ0) is 11.2. The first-order valence-electron chi connectivity index (χ1n) is 5.33. The van der Waals surface area contributed by atoms with Gasteiger partial charge < -0.3 is 0 Å². The summed E-state index contributed by atoms with van der Waals surface area (Å²) in [5.41, 5.74) is 1.89. The highest BCUT2D eigenvalue weighted by Crippen LogP contribution is 2.07. The van der Waals surface area contributed by atoms with E-state index in [-0.39, 0.29) is 5.78 Å². The maximum absolute atomic E-state index is 11.8. The van der Waals surface area contributed by atoms with Crippen LogP contribution < -0.4 is 0 Å². The van der Waals surface area contributed by atoms with Crippen molar-refractivity contribution in [2.24, 2.45) is 0 Å². The van der Waals surface area contributed by atoms with E-state index in [0.717, 1.165) is 17.5 Å². The van der Waals surface area contributed by atoms with E-state index in [2.05, 4.69) is 4.98 Å². The molecule has 0 bridgehead atoms. The van der Waals surface area contributed by atoms with E-state index in [9.17, 15) is 4.79 Å². The molecule has 0 aliphatic rings. The Bertz CT molecular complexity index is 451. The molecule has 16 heavy (non-hydrogen) atoms. The molecule has 0 aliphatic heterocycles. The smallest absolute Gasteiger partial charge is 0.163 e. The first kappa shape index (κ1) is 10.6. The topological polar surface area (TPSA) is 30.0 Å². The zero-order valence-electron chi connectivity index (χ0n) is 8.97. The van der Waals surface area contributed by atoms with Gasteiger partial charge in [0, 0.05) is 24.4 Å². The first-order valence-corrected chi connectivity index (χ1v) is 5.33. The minimum absolute atomic E-state index is 0.185. The number of hydrogen-bond donors (Lipinski definition) is 0. The lowest BCUT2D eigenvalue weighted by atomic mass is 10.0. The van der Waals surface area contributed by atoms with Crippen molar-refractivity contribution in [1.82, 2.24) is 4.98 Å². The van der Waals surface area contributed by atoms with Crippen LogP contribution in [0.2, 0.25) is 0 Å². The maximum Gasteiger partial charge on any atom is 0.163 e. The molecule has 2 rings (SSSR count). The van der Waals surface area contributed by atoms with E-state index in [1.807, 2.05) is 42.5 Å². The van der Waals surface area contributed by atoms with Crippen LogP contribution in [0.25, 0.3) is 0 Å². The van der Waals surface area contributed by atoms with Crippen molar-refractivity contribution in [2.45, 2.75) is 12.8 Å². The lowest BCUT2D eigenvalue weighted by Gasteiger charge is -2.00. The molecule has 0 unspecified atom stereocenters. The van der Waals surface area contributed by atoms with E-state index in [1.165, 1.54) is 0 Å². The Kier molecular flexibility index (Phi) is 3.44. The second kappa shape index (κ2) is 5.21. The monoisotopic (exact) mass is 211 g/mol. The molecule has 0 N–H and O–H groups in total. The summed E-state index contributed by atoms with van der Waals surface area (Å²) in [6.45, 7) is 0. The second-order valence-corrected chi connectivity index (χ2v) is 3.65. The number of benzene rings is 1. The fourth-order valence-corrected chi connectivity index (χ4v) is 1.57. The highest BCUT2D eigenvalue weighted by atomic mass is 16.1. The van der Waals surface area contributed by atoms with E-state index in [1.54, 1.807) is 12.4 Å². The molecule has 0 saturated heterocycles. The molecule has 2 aromatic rings. The minimum atomic E-state index is 0.185. The maximum atomic E-state index is 11.8. The molecule has 2 nitrogen and oxygen atoms in total. The van der Waals surface area contributed by atoms with Gasteiger partial charge in [-0.15, -0.1) is 0 Å². The fraction of sp³-hybridized carbons (Fsp3) is 0.143. The SMILES string of the molecule is O=C(CCc1cccnc1)c1ccccc1. The number of aryl methyl sites for hydroxylation is 1. The van der Waals surface area contributed by atoms with Crippen LogP contribution in [0.3, 0.4) is 0 Å². The molecule has 0 radical (unpaired) electrons. The summed E-state index contributed by atoms with van der Waals surface area (Å²) in [7, 11) is 0. The molecule has 0 spiro atoms. The van der Waals surface area contributed by atoms with Crippen molar-refractivity contribution in [3.8, 4) is 0 Å². The number of hydrogen-bond acceptors (Lipinski definition) is 2. The number of ketones is 1. The predicted octanol–water partition coefficient (Wildman–Crippen LogP) is 2.90. The van der Waals surface area contributed by atoms with Gasteiger partial charge in [-0.1, -0.05) is 36.4 Å². The molecular formula is C14H13NO. The largest absolute Gasteiger partial charge is 0.294 e. The van der Waals surface area contributed by atoms with Gasteiger partial charge in [0.25, 0.3) is 0 Å². The van der Waals surface area contributed by atoms with E-state index < -0.39 is 0 Å². The van der Waals surface area contributed by atoms with Gasteiger partial charge in [0.1, 0.15) is 0 Å². The number of carbonyl (C=O) groups is 1. The highest BCUT2D eigenvalue weighted by molar-refractivity contribution is 5.96. The van der Waals surface area contributed by atoms with Crippen LogP contribution >= 0.6 is 0 Å². The third-order valence-corrected chi connectivity index (χ3v) is 2.46. The number of carbonyl (C=O) groups excluding carboxylic acids is 1. The molecule has 2 heteroatoms. The Morgan fingerprint density at radius 3 is 2.56 bits per heavy atom. The van der Waals surface area contributed by atoms with Crippen LogP contribution in [0.4, 0.5) is 0 Å². The second-order valence-electron chi connectivity index (χ2n) is 3.65. The summed E-state index contributed by atoms with van der Waals surface area (Å²) in [6.07, 6.45) is 4.83. The van der Waals surface area contributed by atoms with Crippen LogP contribution in [0, 0.1) is 0 Å². The normalized spacial score (nSPS) is 10.0. The lowest BCUT2D eigenvalue weighted by Crippen LogP contribution is -2.00. The number of rotatable bonds is 4. The summed E-state index contributed by atoms with van der Waals surface area (Å²) in [5.74, 6) is 0.185. The average Bonchev–Trinajstić information content (AvgIpc) is 2.38. The Morgan fingerprint density at radius 1 is 1.06 bits per heavy atom. The minimum Gasteiger partial charge on any atom is -0.294 e. The van der Waals surface area contributed by atoms with Crippen LogP contribution in [-0.4, -0.2) is 10.8 Å². The molecule has 0 saturated carbocycles. The molecule has 0 aliphatic carbocycles. The van der Waals surface area contributed by atoms with Crippen LogP contribution in [0.5, 0.6) is 0 Å². The van der Waals surface area contributed by atoms with Crippen molar-refractivity contribution >= 4 is 5.78 Å². The molecule has 80 valence electrons. The number of pyridine rings is 1. The van der Waals surface area contributed by atoms with Crippen LogP contribution in [0.1, 0.15) is 22.3 Å². The van der Waals surface area contributed by atoms with Crippen LogP contribution in [-0.2, 0) is 6.42 Å². The summed E-state index contributed by atoms with van der Waals surface area (Å²) in [4.78, 5) is 15.8. The Labute approximate surface area is 95.0 Å². The Balaban J connectivity index is 1.95. The van der Waals surface area contributed by atoms with E-state index in [0.29, 0.717) is 6.42 Å². The zero-order valence-corrected chi connectivity index (χ0v) is 8.97. The molecule has 1 heterocycles. The molecule has 0 fully saturated rings. The summed E-state index contributed by atoms with van der Waals surface area (Å²) < 4.78 is 0. The quantitative estimate of drug-likeness (QED) is 0.728. The third kappa shape index (κ3) is 2.76. The number of Topliss-reactive ketones (excluding diaryl/α,β-unsaturated/α-hetero) is 1. The van der Waals surface area contributed by atoms with E-state index in [4.69, 9.17) is 0 Å². The summed E-state index contributed by atoms with van der Waals surface area (Å²) >= 11 is 0. The van der Waals surface area contributed by atoms with Gasteiger partial charge in [0.2, 0.25) is 0 Å². The van der Waals surface area contributed by atoms with Gasteiger partial charge in [-0.25, -0.2) is 0 Å². The summed E-state index contributed by atoms with van der Waals surface area (Å²) in [5, 5.41) is 0. The predicted molar refractivity (Wildman–Crippen MR) is 63.3 cm³/mol. The average molecular weight is 211 g/mol. The fourth-order valence-electron chi connectivity index (χ4n) is 1.57. The molecule has 1 aromatic heterocycles. The number of aromatic nitrogens is 1. The third-order valence-electron chi connectivity index (χ3n) is 2.46. The van der Waals surface area contributed by atoms with Crippen molar-refractivity contribution in [3.63, 3.8) is 0 Å². The van der Waals surface area contributed by atoms with Crippen molar-refractivity contribution in [1.29, 1.82) is 0 Å². The molecule has 0 amide bonds. The van der Waals surface area contributed by atoms with E-state index >= 15 is 0 Å². The Hall–Kier alpha value is -1.96. The highest BCUT2D eigenvalue weighted by Gasteiger charge is 2.04. The molecule has 0 atom stereocenters.